The first-order chi connectivity index (χ1) is 13.8. The van der Waals surface area contributed by atoms with Gasteiger partial charge in [-0.1, -0.05) is 6.07 Å². The summed E-state index contributed by atoms with van der Waals surface area (Å²) in [5.74, 6) is 1.95. The lowest BCUT2D eigenvalue weighted by Crippen LogP contribution is -2.40. The van der Waals surface area contributed by atoms with Crippen LogP contribution in [-0.4, -0.2) is 43.8 Å². The monoisotopic (exact) mass is 374 g/mol. The van der Waals surface area contributed by atoms with Crippen LogP contribution >= 0.6 is 0 Å². The maximum Gasteiger partial charge on any atom is 0.272 e. The number of piperidine rings is 1. The van der Waals surface area contributed by atoms with E-state index in [1.54, 1.807) is 18.5 Å². The van der Waals surface area contributed by atoms with E-state index in [-0.39, 0.29) is 5.91 Å². The molecule has 1 unspecified atom stereocenters. The van der Waals surface area contributed by atoms with Crippen molar-refractivity contribution in [1.29, 1.82) is 0 Å². The molecule has 0 radical (unpaired) electrons. The SMILES string of the molecule is O=C(c1ccncn1)N1CCCC(Cc2ccnc(Nc3ccccn3)c2)C1. The molecule has 4 rings (SSSR count). The summed E-state index contributed by atoms with van der Waals surface area (Å²) in [6, 6.07) is 11.5. The number of hydrogen-bond acceptors (Lipinski definition) is 6. The summed E-state index contributed by atoms with van der Waals surface area (Å²) in [4.78, 5) is 31.2. The van der Waals surface area contributed by atoms with Gasteiger partial charge in [-0.25, -0.2) is 19.9 Å². The van der Waals surface area contributed by atoms with Gasteiger partial charge in [0.15, 0.2) is 0 Å². The highest BCUT2D eigenvalue weighted by atomic mass is 16.2. The smallest absolute Gasteiger partial charge is 0.272 e. The molecule has 1 atom stereocenters. The van der Waals surface area contributed by atoms with Crippen molar-refractivity contribution in [1.82, 2.24) is 24.8 Å². The van der Waals surface area contributed by atoms with E-state index in [1.165, 1.54) is 11.9 Å². The van der Waals surface area contributed by atoms with Crippen LogP contribution in [0.1, 0.15) is 28.9 Å². The van der Waals surface area contributed by atoms with E-state index in [1.807, 2.05) is 35.4 Å². The number of amides is 1. The largest absolute Gasteiger partial charge is 0.337 e. The third-order valence-corrected chi connectivity index (χ3v) is 4.88. The van der Waals surface area contributed by atoms with Crippen molar-refractivity contribution in [3.05, 3.63) is 72.6 Å². The molecule has 1 amide bonds. The molecule has 0 aliphatic carbocycles. The number of pyridine rings is 2. The topological polar surface area (TPSA) is 83.9 Å². The van der Waals surface area contributed by atoms with Crippen LogP contribution in [0.15, 0.2) is 61.3 Å². The van der Waals surface area contributed by atoms with E-state index in [2.05, 4.69) is 31.3 Å². The Kier molecular flexibility index (Phi) is 5.51. The molecule has 1 saturated heterocycles. The lowest BCUT2D eigenvalue weighted by atomic mass is 9.91. The van der Waals surface area contributed by atoms with Crippen molar-refractivity contribution in [2.75, 3.05) is 18.4 Å². The van der Waals surface area contributed by atoms with Crippen molar-refractivity contribution in [2.24, 2.45) is 5.92 Å². The zero-order chi connectivity index (χ0) is 19.2. The van der Waals surface area contributed by atoms with Gasteiger partial charge in [0.2, 0.25) is 0 Å². The van der Waals surface area contributed by atoms with Gasteiger partial charge >= 0.3 is 0 Å². The summed E-state index contributed by atoms with van der Waals surface area (Å²) >= 11 is 0. The molecule has 7 nitrogen and oxygen atoms in total. The molecule has 1 aliphatic rings. The predicted octanol–water partition coefficient (Wildman–Crippen LogP) is 3.11. The Balaban J connectivity index is 1.40. The molecule has 3 aromatic heterocycles. The molecule has 0 bridgehead atoms. The Morgan fingerprint density at radius 2 is 2.00 bits per heavy atom. The summed E-state index contributed by atoms with van der Waals surface area (Å²) in [5.41, 5.74) is 1.66. The van der Waals surface area contributed by atoms with Crippen LogP contribution in [0.4, 0.5) is 11.6 Å². The van der Waals surface area contributed by atoms with Gasteiger partial charge in [0.05, 0.1) is 0 Å². The quantitative estimate of drug-likeness (QED) is 0.739. The normalized spacial score (nSPS) is 16.6. The van der Waals surface area contributed by atoms with E-state index in [0.717, 1.165) is 44.0 Å². The number of anilines is 2. The zero-order valence-electron chi connectivity index (χ0n) is 15.5. The number of carbonyl (C=O) groups excluding carboxylic acids is 1. The van der Waals surface area contributed by atoms with Crippen molar-refractivity contribution in [3.8, 4) is 0 Å². The third-order valence-electron chi connectivity index (χ3n) is 4.88. The van der Waals surface area contributed by atoms with Crippen LogP contribution in [0.25, 0.3) is 0 Å². The highest BCUT2D eigenvalue weighted by Gasteiger charge is 2.25. The first-order valence-electron chi connectivity index (χ1n) is 9.46. The van der Waals surface area contributed by atoms with Crippen LogP contribution in [0.3, 0.4) is 0 Å². The molecule has 28 heavy (non-hydrogen) atoms. The molecule has 1 fully saturated rings. The van der Waals surface area contributed by atoms with Crippen molar-refractivity contribution in [2.45, 2.75) is 19.3 Å². The fraction of sp³-hybridized carbons (Fsp3) is 0.286. The molecule has 7 heteroatoms. The van der Waals surface area contributed by atoms with Crippen LogP contribution in [0, 0.1) is 5.92 Å². The molecular weight excluding hydrogens is 352 g/mol. The second-order valence-electron chi connectivity index (χ2n) is 6.95. The van der Waals surface area contributed by atoms with Gasteiger partial charge in [0.1, 0.15) is 23.7 Å². The van der Waals surface area contributed by atoms with Crippen molar-refractivity contribution < 1.29 is 4.79 Å². The molecule has 1 aliphatic heterocycles. The Morgan fingerprint density at radius 3 is 2.82 bits per heavy atom. The van der Waals surface area contributed by atoms with E-state index in [0.29, 0.717) is 11.6 Å². The van der Waals surface area contributed by atoms with Gasteiger partial charge in [0.25, 0.3) is 5.91 Å². The number of likely N-dealkylation sites (tertiary alicyclic amines) is 1. The number of nitrogens with one attached hydrogen (secondary N) is 1. The minimum absolute atomic E-state index is 0.0145. The van der Waals surface area contributed by atoms with Crippen LogP contribution in [0.2, 0.25) is 0 Å². The first-order valence-corrected chi connectivity index (χ1v) is 9.46. The van der Waals surface area contributed by atoms with Gasteiger partial charge in [-0.15, -0.1) is 0 Å². The highest BCUT2D eigenvalue weighted by molar-refractivity contribution is 5.92. The molecule has 0 spiro atoms. The van der Waals surface area contributed by atoms with E-state index >= 15 is 0 Å². The molecule has 4 heterocycles. The zero-order valence-corrected chi connectivity index (χ0v) is 15.5. The maximum absolute atomic E-state index is 12.7. The predicted molar refractivity (Wildman–Crippen MR) is 106 cm³/mol. The van der Waals surface area contributed by atoms with Crippen LogP contribution in [-0.2, 0) is 6.42 Å². The average Bonchev–Trinajstić information content (AvgIpc) is 2.75. The summed E-state index contributed by atoms with van der Waals surface area (Å²) in [7, 11) is 0. The van der Waals surface area contributed by atoms with Crippen LogP contribution < -0.4 is 5.32 Å². The number of carbonyl (C=O) groups is 1. The Bertz CT molecular complexity index is 918. The molecular formula is C21H22N6O. The fourth-order valence-corrected chi connectivity index (χ4v) is 3.57. The lowest BCUT2D eigenvalue weighted by molar-refractivity contribution is 0.0667. The summed E-state index contributed by atoms with van der Waals surface area (Å²) in [6.07, 6.45) is 9.61. The van der Waals surface area contributed by atoms with Crippen molar-refractivity contribution in [3.63, 3.8) is 0 Å². The summed E-state index contributed by atoms with van der Waals surface area (Å²) in [6.45, 7) is 1.52. The van der Waals surface area contributed by atoms with Gasteiger partial charge < -0.3 is 10.2 Å². The number of hydrogen-bond donors (Lipinski definition) is 1. The summed E-state index contributed by atoms with van der Waals surface area (Å²) in [5, 5.41) is 3.23. The molecule has 1 N–H and O–H groups in total. The van der Waals surface area contributed by atoms with E-state index < -0.39 is 0 Å². The first kappa shape index (κ1) is 18.0. The van der Waals surface area contributed by atoms with E-state index in [9.17, 15) is 4.79 Å². The number of nitrogens with zero attached hydrogens (tertiary/aromatic N) is 5. The molecule has 0 saturated carbocycles. The van der Waals surface area contributed by atoms with Crippen molar-refractivity contribution >= 4 is 17.5 Å². The van der Waals surface area contributed by atoms with Gasteiger partial charge in [-0.05, 0) is 61.1 Å². The second kappa shape index (κ2) is 8.56. The Labute approximate surface area is 163 Å². The average molecular weight is 374 g/mol. The van der Waals surface area contributed by atoms with Gasteiger partial charge in [-0.3, -0.25) is 4.79 Å². The van der Waals surface area contributed by atoms with Crippen LogP contribution in [0.5, 0.6) is 0 Å². The molecule has 0 aromatic carbocycles. The standard InChI is InChI=1S/C21H22N6O/c28-21(18-7-9-22-15-25-18)27-11-3-4-17(14-27)12-16-6-10-24-20(13-16)26-19-5-1-2-8-23-19/h1-2,5-10,13,15,17H,3-4,11-12,14H2,(H,23,24,26). The van der Waals surface area contributed by atoms with Gasteiger partial charge in [-0.2, -0.15) is 0 Å². The molecule has 3 aromatic rings. The maximum atomic E-state index is 12.7. The Hall–Kier alpha value is -3.35. The van der Waals surface area contributed by atoms with Gasteiger partial charge in [0, 0.05) is 31.7 Å². The number of rotatable bonds is 5. The summed E-state index contributed by atoms with van der Waals surface area (Å²) < 4.78 is 0. The highest BCUT2D eigenvalue weighted by Crippen LogP contribution is 2.23. The number of aromatic nitrogens is 4. The van der Waals surface area contributed by atoms with E-state index in [4.69, 9.17) is 0 Å². The fourth-order valence-electron chi connectivity index (χ4n) is 3.57. The Morgan fingerprint density at radius 1 is 1.07 bits per heavy atom. The second-order valence-corrected chi connectivity index (χ2v) is 6.95. The minimum Gasteiger partial charge on any atom is -0.337 e. The third kappa shape index (κ3) is 4.49. The molecule has 142 valence electrons. The lowest BCUT2D eigenvalue weighted by Gasteiger charge is -2.32. The minimum atomic E-state index is -0.0145.